The van der Waals surface area contributed by atoms with Gasteiger partial charge in [-0.05, 0) is 44.7 Å². The predicted octanol–water partition coefficient (Wildman–Crippen LogP) is 3.32. The van der Waals surface area contributed by atoms with Crippen LogP contribution in [-0.2, 0) is 12.7 Å². The molecule has 4 nitrogen and oxygen atoms in total. The molecule has 1 N–H and O–H groups in total. The van der Waals surface area contributed by atoms with Gasteiger partial charge in [0.2, 0.25) is 0 Å². The highest BCUT2D eigenvalue weighted by atomic mass is 28.5. The minimum Gasteiger partial charge on any atom is -0.415 e. The maximum Gasteiger partial charge on any atom is 0.325 e. The van der Waals surface area contributed by atoms with Crippen molar-refractivity contribution in [2.75, 3.05) is 6.61 Å². The van der Waals surface area contributed by atoms with E-state index in [1.165, 1.54) is 0 Å². The maximum atomic E-state index is 10.2. The lowest BCUT2D eigenvalue weighted by Crippen LogP contribution is -2.56. The third kappa shape index (κ3) is 6.09. The third-order valence-electron chi connectivity index (χ3n) is 3.26. The van der Waals surface area contributed by atoms with Crippen LogP contribution in [0.2, 0.25) is 37.8 Å². The van der Waals surface area contributed by atoms with Gasteiger partial charge >= 0.3 is 25.7 Å². The van der Waals surface area contributed by atoms with Crippen molar-refractivity contribution in [1.82, 2.24) is 0 Å². The first-order valence-corrected chi connectivity index (χ1v) is 14.5. The summed E-state index contributed by atoms with van der Waals surface area (Å²) in [5.41, 5.74) is 0. The molecule has 0 heterocycles. The standard InChI is InChI=1S/C11H30O4Si3/c1-8-13-17(6,10-3)15-18(7,11-4)14-16(5,12)9-2/h12H,8-11H2,1-7H3. The highest BCUT2D eigenvalue weighted by Gasteiger charge is 2.45. The molecule has 0 rings (SSSR count). The van der Waals surface area contributed by atoms with Crippen LogP contribution in [0.3, 0.4) is 0 Å². The first-order chi connectivity index (χ1) is 8.16. The molecular weight excluding hydrogens is 280 g/mol. The molecule has 0 fully saturated rings. The molecule has 0 saturated carbocycles. The van der Waals surface area contributed by atoms with E-state index >= 15 is 0 Å². The van der Waals surface area contributed by atoms with E-state index in [2.05, 4.69) is 20.4 Å². The van der Waals surface area contributed by atoms with Crippen molar-refractivity contribution in [3.8, 4) is 0 Å². The zero-order chi connectivity index (χ0) is 14.4. The Morgan fingerprint density at radius 3 is 1.61 bits per heavy atom. The quantitative estimate of drug-likeness (QED) is 0.664. The summed E-state index contributed by atoms with van der Waals surface area (Å²) in [6.07, 6.45) is 0. The molecule has 0 bridgehead atoms. The van der Waals surface area contributed by atoms with Crippen LogP contribution in [0.1, 0.15) is 27.7 Å². The summed E-state index contributed by atoms with van der Waals surface area (Å²) in [5.74, 6) is 0. The smallest absolute Gasteiger partial charge is 0.325 e. The highest BCUT2D eigenvalue weighted by molar-refractivity contribution is 6.85. The summed E-state index contributed by atoms with van der Waals surface area (Å²) in [7, 11) is -7.04. The zero-order valence-corrected chi connectivity index (χ0v) is 16.0. The molecule has 0 spiro atoms. The van der Waals surface area contributed by atoms with Gasteiger partial charge < -0.3 is 17.5 Å². The lowest BCUT2D eigenvalue weighted by Gasteiger charge is -2.39. The fourth-order valence-electron chi connectivity index (χ4n) is 1.67. The molecule has 0 aromatic heterocycles. The summed E-state index contributed by atoms with van der Waals surface area (Å²) in [6, 6.07) is 2.44. The normalized spacial score (nSPS) is 22.0. The van der Waals surface area contributed by atoms with E-state index in [1.807, 2.05) is 26.9 Å². The van der Waals surface area contributed by atoms with Crippen LogP contribution in [0.4, 0.5) is 0 Å². The van der Waals surface area contributed by atoms with Crippen molar-refractivity contribution in [2.24, 2.45) is 0 Å². The molecule has 110 valence electrons. The van der Waals surface area contributed by atoms with E-state index in [0.29, 0.717) is 12.7 Å². The molecule has 0 radical (unpaired) electrons. The molecule has 7 heteroatoms. The molecule has 0 aliphatic rings. The summed E-state index contributed by atoms with van der Waals surface area (Å²) in [6.45, 7) is 14.8. The van der Waals surface area contributed by atoms with Crippen molar-refractivity contribution in [1.29, 1.82) is 0 Å². The van der Waals surface area contributed by atoms with Gasteiger partial charge in [-0.25, -0.2) is 0 Å². The Kier molecular flexibility index (Phi) is 7.52. The fraction of sp³-hybridized carbons (Fsp3) is 1.00. The minimum atomic E-state index is -2.57. The highest BCUT2D eigenvalue weighted by Crippen LogP contribution is 2.26. The first-order valence-electron chi connectivity index (χ1n) is 6.92. The van der Waals surface area contributed by atoms with Crippen LogP contribution in [0.25, 0.3) is 0 Å². The Hall–Kier alpha value is 0.491. The second kappa shape index (κ2) is 7.32. The lowest BCUT2D eigenvalue weighted by molar-refractivity contribution is 0.226. The maximum absolute atomic E-state index is 10.2. The van der Waals surface area contributed by atoms with Gasteiger partial charge in [0.1, 0.15) is 0 Å². The molecular formula is C11H30O4Si3. The van der Waals surface area contributed by atoms with Crippen molar-refractivity contribution >= 4 is 25.7 Å². The van der Waals surface area contributed by atoms with Crippen LogP contribution in [0.15, 0.2) is 0 Å². The van der Waals surface area contributed by atoms with E-state index in [-0.39, 0.29) is 0 Å². The zero-order valence-electron chi connectivity index (χ0n) is 13.0. The molecule has 0 aliphatic heterocycles. The molecule has 0 aromatic rings. The van der Waals surface area contributed by atoms with Gasteiger partial charge in [-0.3, -0.25) is 0 Å². The van der Waals surface area contributed by atoms with Gasteiger partial charge in [-0.2, -0.15) is 0 Å². The van der Waals surface area contributed by atoms with E-state index < -0.39 is 25.7 Å². The van der Waals surface area contributed by atoms with Crippen LogP contribution in [0, 0.1) is 0 Å². The SMILES string of the molecule is CCO[Si](C)(CC)O[Si](C)(CC)O[Si](C)(O)CC. The van der Waals surface area contributed by atoms with Gasteiger partial charge in [0.15, 0.2) is 0 Å². The molecule has 3 atom stereocenters. The van der Waals surface area contributed by atoms with E-state index in [1.54, 1.807) is 0 Å². The average molecular weight is 311 g/mol. The lowest BCUT2D eigenvalue weighted by atomic mass is 10.9. The molecule has 0 aromatic carbocycles. The Balaban J connectivity index is 4.84. The van der Waals surface area contributed by atoms with E-state index in [4.69, 9.17) is 12.7 Å². The number of hydrogen-bond acceptors (Lipinski definition) is 4. The summed E-state index contributed by atoms with van der Waals surface area (Å²) >= 11 is 0. The largest absolute Gasteiger partial charge is 0.415 e. The van der Waals surface area contributed by atoms with Crippen LogP contribution >= 0.6 is 0 Å². The monoisotopic (exact) mass is 310 g/mol. The molecule has 3 unspecified atom stereocenters. The van der Waals surface area contributed by atoms with Crippen LogP contribution < -0.4 is 0 Å². The Labute approximate surface area is 115 Å². The van der Waals surface area contributed by atoms with Crippen molar-refractivity contribution < 1.29 is 17.5 Å². The van der Waals surface area contributed by atoms with E-state index in [0.717, 1.165) is 12.1 Å². The summed E-state index contributed by atoms with van der Waals surface area (Å²) < 4.78 is 18.2. The summed E-state index contributed by atoms with van der Waals surface area (Å²) in [5, 5.41) is 0. The van der Waals surface area contributed by atoms with Gasteiger partial charge in [0, 0.05) is 6.61 Å². The topological polar surface area (TPSA) is 47.9 Å². The molecule has 18 heavy (non-hydrogen) atoms. The van der Waals surface area contributed by atoms with Crippen LogP contribution in [-0.4, -0.2) is 37.1 Å². The third-order valence-corrected chi connectivity index (χ3v) is 15.0. The number of rotatable bonds is 9. The van der Waals surface area contributed by atoms with Gasteiger partial charge in [0.25, 0.3) is 0 Å². The van der Waals surface area contributed by atoms with Crippen molar-refractivity contribution in [3.63, 3.8) is 0 Å². The van der Waals surface area contributed by atoms with Gasteiger partial charge in [-0.15, -0.1) is 0 Å². The van der Waals surface area contributed by atoms with Crippen molar-refractivity contribution in [3.05, 3.63) is 0 Å². The van der Waals surface area contributed by atoms with Gasteiger partial charge in [-0.1, -0.05) is 20.8 Å². The molecule has 0 aliphatic carbocycles. The van der Waals surface area contributed by atoms with Crippen LogP contribution in [0.5, 0.6) is 0 Å². The fourth-order valence-corrected chi connectivity index (χ4v) is 12.9. The molecule has 0 saturated heterocycles. The first kappa shape index (κ1) is 18.5. The average Bonchev–Trinajstić information content (AvgIpc) is 2.28. The summed E-state index contributed by atoms with van der Waals surface area (Å²) in [4.78, 5) is 10.2. The van der Waals surface area contributed by atoms with Crippen molar-refractivity contribution in [2.45, 2.75) is 65.5 Å². The predicted molar refractivity (Wildman–Crippen MR) is 82.3 cm³/mol. The Morgan fingerprint density at radius 1 is 0.778 bits per heavy atom. The molecule has 0 amide bonds. The second-order valence-corrected chi connectivity index (χ2v) is 16.1. The van der Waals surface area contributed by atoms with E-state index in [9.17, 15) is 4.80 Å². The minimum absolute atomic E-state index is 0.673. The Morgan fingerprint density at radius 2 is 1.28 bits per heavy atom. The second-order valence-electron chi connectivity index (χ2n) is 5.14. The number of hydrogen-bond donors (Lipinski definition) is 1. The van der Waals surface area contributed by atoms with Gasteiger partial charge in [0.05, 0.1) is 0 Å². The Bertz CT molecular complexity index is 252.